The molecule has 1 aromatic rings. The molecule has 1 fully saturated rings. The molecule has 110 valence electrons. The van der Waals surface area contributed by atoms with Crippen molar-refractivity contribution in [2.75, 3.05) is 13.2 Å². The summed E-state index contributed by atoms with van der Waals surface area (Å²) in [6.45, 7) is -0.450. The number of hydrogen-bond acceptors (Lipinski definition) is 1. The van der Waals surface area contributed by atoms with E-state index in [-0.39, 0.29) is 18.6 Å². The number of rotatable bonds is 6. The molecule has 0 spiro atoms. The first-order valence-corrected chi connectivity index (χ1v) is 7.44. The van der Waals surface area contributed by atoms with Crippen molar-refractivity contribution in [1.29, 1.82) is 0 Å². The second-order valence-corrected chi connectivity index (χ2v) is 5.43. The molecule has 1 aliphatic carbocycles. The Morgan fingerprint density at radius 2 is 1.95 bits per heavy atom. The minimum atomic E-state index is -0.528. The standard InChI is InChI=1S/C16H23FN2O/c17-10-11-18-16(20)19-15(14-8-4-5-9-14)12-13-6-2-1-3-7-13/h1-3,6-7,14-15H,4-5,8-12H2,(H2,18,19,20). The lowest BCUT2D eigenvalue weighted by molar-refractivity contribution is 0.229. The van der Waals surface area contributed by atoms with E-state index in [4.69, 9.17) is 0 Å². The molecule has 1 unspecified atom stereocenters. The molecule has 0 aliphatic heterocycles. The van der Waals surface area contributed by atoms with Gasteiger partial charge in [0.1, 0.15) is 6.67 Å². The minimum absolute atomic E-state index is 0.0779. The zero-order valence-corrected chi connectivity index (χ0v) is 11.8. The molecule has 0 heterocycles. The van der Waals surface area contributed by atoms with Gasteiger partial charge in [0.05, 0.1) is 0 Å². The highest BCUT2D eigenvalue weighted by atomic mass is 19.1. The van der Waals surface area contributed by atoms with Gasteiger partial charge in [-0.15, -0.1) is 0 Å². The molecular weight excluding hydrogens is 255 g/mol. The Bertz CT molecular complexity index is 404. The van der Waals surface area contributed by atoms with E-state index >= 15 is 0 Å². The number of urea groups is 1. The van der Waals surface area contributed by atoms with Gasteiger partial charge in [0.2, 0.25) is 0 Å². The summed E-state index contributed by atoms with van der Waals surface area (Å²) in [4.78, 5) is 11.8. The first-order chi connectivity index (χ1) is 9.79. The molecule has 0 saturated heterocycles. The van der Waals surface area contributed by atoms with Gasteiger partial charge in [-0.2, -0.15) is 0 Å². The van der Waals surface area contributed by atoms with Crippen molar-refractivity contribution < 1.29 is 9.18 Å². The summed E-state index contributed by atoms with van der Waals surface area (Å²) < 4.78 is 12.1. The summed E-state index contributed by atoms with van der Waals surface area (Å²) in [5, 5.41) is 5.57. The van der Waals surface area contributed by atoms with E-state index < -0.39 is 6.67 Å². The molecule has 2 amide bonds. The fraction of sp³-hybridized carbons (Fsp3) is 0.562. The van der Waals surface area contributed by atoms with Crippen LogP contribution in [0.1, 0.15) is 31.2 Å². The third-order valence-corrected chi connectivity index (χ3v) is 3.96. The van der Waals surface area contributed by atoms with Gasteiger partial charge in [-0.1, -0.05) is 43.2 Å². The highest BCUT2D eigenvalue weighted by Gasteiger charge is 2.26. The van der Waals surface area contributed by atoms with Gasteiger partial charge in [-0.25, -0.2) is 9.18 Å². The molecule has 20 heavy (non-hydrogen) atoms. The van der Waals surface area contributed by atoms with E-state index in [9.17, 15) is 9.18 Å². The Kier molecular flexibility index (Phi) is 5.84. The fourth-order valence-electron chi connectivity index (χ4n) is 2.94. The van der Waals surface area contributed by atoms with Gasteiger partial charge in [-0.05, 0) is 30.7 Å². The Balaban J connectivity index is 1.95. The molecule has 0 radical (unpaired) electrons. The average Bonchev–Trinajstić information content (AvgIpc) is 3.00. The van der Waals surface area contributed by atoms with Gasteiger partial charge in [-0.3, -0.25) is 0 Å². The Morgan fingerprint density at radius 3 is 2.60 bits per heavy atom. The lowest BCUT2D eigenvalue weighted by atomic mass is 9.92. The van der Waals surface area contributed by atoms with E-state index in [2.05, 4.69) is 22.8 Å². The quantitative estimate of drug-likeness (QED) is 0.825. The zero-order chi connectivity index (χ0) is 14.2. The average molecular weight is 278 g/mol. The lowest BCUT2D eigenvalue weighted by Crippen LogP contribution is -2.46. The Labute approximate surface area is 120 Å². The smallest absolute Gasteiger partial charge is 0.315 e. The van der Waals surface area contributed by atoms with Crippen LogP contribution in [-0.4, -0.2) is 25.3 Å². The predicted molar refractivity (Wildman–Crippen MR) is 78.4 cm³/mol. The first kappa shape index (κ1) is 14.8. The number of carbonyl (C=O) groups is 1. The van der Waals surface area contributed by atoms with Crippen molar-refractivity contribution in [3.63, 3.8) is 0 Å². The highest BCUT2D eigenvalue weighted by Crippen LogP contribution is 2.29. The summed E-state index contributed by atoms with van der Waals surface area (Å²) in [5.74, 6) is 0.534. The molecule has 1 saturated carbocycles. The highest BCUT2D eigenvalue weighted by molar-refractivity contribution is 5.74. The van der Waals surface area contributed by atoms with Crippen molar-refractivity contribution in [3.05, 3.63) is 35.9 Å². The van der Waals surface area contributed by atoms with Gasteiger partial charge in [0.15, 0.2) is 0 Å². The molecule has 1 aliphatic rings. The maximum atomic E-state index is 12.1. The first-order valence-electron chi connectivity index (χ1n) is 7.44. The van der Waals surface area contributed by atoms with Crippen molar-refractivity contribution in [2.24, 2.45) is 5.92 Å². The lowest BCUT2D eigenvalue weighted by Gasteiger charge is -2.25. The molecule has 2 N–H and O–H groups in total. The summed E-state index contributed by atoms with van der Waals surface area (Å²) in [5.41, 5.74) is 1.23. The van der Waals surface area contributed by atoms with Crippen molar-refractivity contribution >= 4 is 6.03 Å². The zero-order valence-electron chi connectivity index (χ0n) is 11.8. The molecule has 1 atom stereocenters. The van der Waals surface area contributed by atoms with E-state index in [0.29, 0.717) is 5.92 Å². The summed E-state index contributed by atoms with van der Waals surface area (Å²) in [6, 6.07) is 10.1. The molecule has 0 aromatic heterocycles. The predicted octanol–water partition coefficient (Wildman–Crippen LogP) is 3.06. The van der Waals surface area contributed by atoms with Crippen molar-refractivity contribution in [3.8, 4) is 0 Å². The number of carbonyl (C=O) groups excluding carboxylic acids is 1. The maximum Gasteiger partial charge on any atom is 0.315 e. The van der Waals surface area contributed by atoms with Crippen LogP contribution in [0.2, 0.25) is 0 Å². The molecule has 3 nitrogen and oxygen atoms in total. The number of amides is 2. The summed E-state index contributed by atoms with van der Waals surface area (Å²) in [6.07, 6.45) is 5.66. The second kappa shape index (κ2) is 7.88. The number of alkyl halides is 1. The number of halogens is 1. The van der Waals surface area contributed by atoms with Crippen LogP contribution >= 0.6 is 0 Å². The fourth-order valence-corrected chi connectivity index (χ4v) is 2.94. The van der Waals surface area contributed by atoms with E-state index in [1.165, 1.54) is 31.2 Å². The van der Waals surface area contributed by atoms with E-state index in [0.717, 1.165) is 6.42 Å². The molecule has 4 heteroatoms. The third-order valence-electron chi connectivity index (χ3n) is 3.96. The van der Waals surface area contributed by atoms with Crippen LogP contribution in [0.15, 0.2) is 30.3 Å². The van der Waals surface area contributed by atoms with Crippen molar-refractivity contribution in [2.45, 2.75) is 38.1 Å². The number of benzene rings is 1. The van der Waals surface area contributed by atoms with Crippen LogP contribution in [0.4, 0.5) is 9.18 Å². The largest absolute Gasteiger partial charge is 0.336 e. The normalized spacial score (nSPS) is 16.9. The Hall–Kier alpha value is -1.58. The van der Waals surface area contributed by atoms with Gasteiger partial charge < -0.3 is 10.6 Å². The van der Waals surface area contributed by atoms with Crippen LogP contribution in [0.5, 0.6) is 0 Å². The van der Waals surface area contributed by atoms with Crippen molar-refractivity contribution in [1.82, 2.24) is 10.6 Å². The van der Waals surface area contributed by atoms with Crippen LogP contribution in [0.3, 0.4) is 0 Å². The van der Waals surface area contributed by atoms with Crippen LogP contribution < -0.4 is 10.6 Å². The van der Waals surface area contributed by atoms with Crippen LogP contribution in [0.25, 0.3) is 0 Å². The topological polar surface area (TPSA) is 41.1 Å². The van der Waals surface area contributed by atoms with E-state index in [1.807, 2.05) is 18.2 Å². The molecule has 2 rings (SSSR count). The summed E-state index contributed by atoms with van der Waals surface area (Å²) in [7, 11) is 0. The van der Waals surface area contributed by atoms with Crippen LogP contribution in [-0.2, 0) is 6.42 Å². The monoisotopic (exact) mass is 278 g/mol. The molecular formula is C16H23FN2O. The number of nitrogens with one attached hydrogen (secondary N) is 2. The van der Waals surface area contributed by atoms with Crippen LogP contribution in [0, 0.1) is 5.92 Å². The SMILES string of the molecule is O=C(NCCF)NC(Cc1ccccc1)C1CCCC1. The minimum Gasteiger partial charge on any atom is -0.336 e. The van der Waals surface area contributed by atoms with E-state index in [1.54, 1.807) is 0 Å². The maximum absolute atomic E-state index is 12.1. The third kappa shape index (κ3) is 4.51. The molecule has 0 bridgehead atoms. The molecule has 1 aromatic carbocycles. The Morgan fingerprint density at radius 1 is 1.25 bits per heavy atom. The summed E-state index contributed by atoms with van der Waals surface area (Å²) >= 11 is 0. The van der Waals surface area contributed by atoms with Gasteiger partial charge in [0, 0.05) is 12.6 Å². The number of hydrogen-bond donors (Lipinski definition) is 2. The second-order valence-electron chi connectivity index (χ2n) is 5.43. The van der Waals surface area contributed by atoms with Gasteiger partial charge in [0.25, 0.3) is 0 Å². The van der Waals surface area contributed by atoms with Gasteiger partial charge >= 0.3 is 6.03 Å².